The van der Waals surface area contributed by atoms with Crippen LogP contribution in [0.3, 0.4) is 0 Å². The van der Waals surface area contributed by atoms with E-state index < -0.39 is 6.04 Å². The predicted octanol–water partition coefficient (Wildman–Crippen LogP) is 4.59. The lowest BCUT2D eigenvalue weighted by Crippen LogP contribution is -2.32. The molecule has 8 nitrogen and oxygen atoms in total. The standard InChI is InChI=1S/C23H23N5O3/c1-12(2)19(23-26-20(28-31-23)15-9-10-15)25-21(29)16-11-17(14-7-5-4-6-8-14)24-22-18(16)13(3)27-30-22/h4-8,11-12,15,19H,9-10H2,1-3H3,(H,25,29). The molecule has 8 heteroatoms. The van der Waals surface area contributed by atoms with Crippen LogP contribution in [0.1, 0.15) is 66.4 Å². The molecule has 1 unspecified atom stereocenters. The van der Waals surface area contributed by atoms with Crippen LogP contribution in [0, 0.1) is 12.8 Å². The van der Waals surface area contributed by atoms with Crippen LogP contribution in [0.5, 0.6) is 0 Å². The van der Waals surface area contributed by atoms with E-state index in [0.29, 0.717) is 39.9 Å². The van der Waals surface area contributed by atoms with E-state index in [4.69, 9.17) is 9.05 Å². The lowest BCUT2D eigenvalue weighted by Gasteiger charge is -2.19. The van der Waals surface area contributed by atoms with Crippen LogP contribution in [0.15, 0.2) is 45.4 Å². The monoisotopic (exact) mass is 417 g/mol. The number of aryl methyl sites for hydroxylation is 1. The summed E-state index contributed by atoms with van der Waals surface area (Å²) in [5.41, 5.74) is 2.93. The lowest BCUT2D eigenvalue weighted by molar-refractivity contribution is 0.0915. The molecular formula is C23H23N5O3. The molecule has 1 fully saturated rings. The fraction of sp³-hybridized carbons (Fsp3) is 0.348. The summed E-state index contributed by atoms with van der Waals surface area (Å²) in [7, 11) is 0. The van der Waals surface area contributed by atoms with Gasteiger partial charge in [0.25, 0.3) is 11.6 Å². The normalized spacial score (nSPS) is 14.8. The van der Waals surface area contributed by atoms with E-state index in [2.05, 4.69) is 25.6 Å². The fourth-order valence-corrected chi connectivity index (χ4v) is 3.64. The molecule has 5 rings (SSSR count). The first-order valence-corrected chi connectivity index (χ1v) is 10.5. The Morgan fingerprint density at radius 2 is 1.87 bits per heavy atom. The van der Waals surface area contributed by atoms with Gasteiger partial charge >= 0.3 is 0 Å². The molecule has 1 amide bonds. The zero-order valence-corrected chi connectivity index (χ0v) is 17.6. The average Bonchev–Trinajstić information content (AvgIpc) is 3.40. The van der Waals surface area contributed by atoms with Crippen molar-refractivity contribution in [3.05, 3.63) is 59.4 Å². The van der Waals surface area contributed by atoms with Crippen LogP contribution < -0.4 is 5.32 Å². The molecule has 1 N–H and O–H groups in total. The van der Waals surface area contributed by atoms with Gasteiger partial charge in [-0.25, -0.2) is 4.98 Å². The molecule has 0 aliphatic heterocycles. The molecule has 1 aliphatic rings. The Morgan fingerprint density at radius 1 is 1.10 bits per heavy atom. The number of hydrogen-bond donors (Lipinski definition) is 1. The minimum absolute atomic E-state index is 0.0611. The van der Waals surface area contributed by atoms with Crippen molar-refractivity contribution in [2.24, 2.45) is 5.92 Å². The molecule has 4 aromatic rings. The van der Waals surface area contributed by atoms with Crippen molar-refractivity contribution in [1.29, 1.82) is 0 Å². The first-order chi connectivity index (χ1) is 15.0. The van der Waals surface area contributed by atoms with E-state index in [0.717, 1.165) is 24.2 Å². The van der Waals surface area contributed by atoms with Gasteiger partial charge in [0.15, 0.2) is 5.82 Å². The van der Waals surface area contributed by atoms with E-state index in [1.165, 1.54) is 0 Å². The molecule has 0 saturated heterocycles. The molecule has 158 valence electrons. The molecule has 1 aromatic carbocycles. The Hall–Kier alpha value is -3.55. The molecule has 3 heterocycles. The third-order valence-electron chi connectivity index (χ3n) is 5.55. The van der Waals surface area contributed by atoms with E-state index in [1.807, 2.05) is 44.2 Å². The van der Waals surface area contributed by atoms with Crippen molar-refractivity contribution in [2.45, 2.75) is 45.6 Å². The Morgan fingerprint density at radius 3 is 2.58 bits per heavy atom. The summed E-state index contributed by atoms with van der Waals surface area (Å²) in [5, 5.41) is 11.8. The number of rotatable bonds is 6. The number of benzene rings is 1. The zero-order chi connectivity index (χ0) is 21.5. The van der Waals surface area contributed by atoms with Gasteiger partial charge in [-0.3, -0.25) is 4.79 Å². The molecule has 1 saturated carbocycles. The van der Waals surface area contributed by atoms with Gasteiger partial charge in [-0.2, -0.15) is 4.98 Å². The van der Waals surface area contributed by atoms with Gasteiger partial charge < -0.3 is 14.4 Å². The minimum atomic E-state index is -0.406. The van der Waals surface area contributed by atoms with Crippen molar-refractivity contribution >= 4 is 17.0 Å². The van der Waals surface area contributed by atoms with Crippen molar-refractivity contribution < 1.29 is 13.8 Å². The topological polar surface area (TPSA) is 107 Å². The number of carbonyl (C=O) groups excluding carboxylic acids is 1. The van der Waals surface area contributed by atoms with Crippen molar-refractivity contribution in [3.8, 4) is 11.3 Å². The summed E-state index contributed by atoms with van der Waals surface area (Å²) < 4.78 is 10.9. The molecule has 1 atom stereocenters. The highest BCUT2D eigenvalue weighted by molar-refractivity contribution is 6.07. The van der Waals surface area contributed by atoms with Gasteiger partial charge in [0.2, 0.25) is 5.89 Å². The number of nitrogens with one attached hydrogen (secondary N) is 1. The second kappa shape index (κ2) is 7.61. The number of nitrogens with zero attached hydrogens (tertiary/aromatic N) is 4. The quantitative estimate of drug-likeness (QED) is 0.489. The highest BCUT2D eigenvalue weighted by atomic mass is 16.5. The third kappa shape index (κ3) is 3.69. The van der Waals surface area contributed by atoms with Gasteiger partial charge in [-0.05, 0) is 31.7 Å². The second-order valence-electron chi connectivity index (χ2n) is 8.33. The third-order valence-corrected chi connectivity index (χ3v) is 5.55. The van der Waals surface area contributed by atoms with Crippen LogP contribution in [0.2, 0.25) is 0 Å². The van der Waals surface area contributed by atoms with Gasteiger partial charge in [-0.15, -0.1) is 0 Å². The summed E-state index contributed by atoms with van der Waals surface area (Å²) in [4.78, 5) is 22.5. The van der Waals surface area contributed by atoms with Crippen LogP contribution in [-0.4, -0.2) is 26.2 Å². The van der Waals surface area contributed by atoms with E-state index in [9.17, 15) is 4.79 Å². The first-order valence-electron chi connectivity index (χ1n) is 10.5. The van der Waals surface area contributed by atoms with Crippen molar-refractivity contribution in [1.82, 2.24) is 25.6 Å². The maximum atomic E-state index is 13.4. The smallest absolute Gasteiger partial charge is 0.259 e. The summed E-state index contributed by atoms with van der Waals surface area (Å²) >= 11 is 0. The van der Waals surface area contributed by atoms with Gasteiger partial charge in [-0.1, -0.05) is 54.5 Å². The summed E-state index contributed by atoms with van der Waals surface area (Å²) in [6.45, 7) is 5.81. The van der Waals surface area contributed by atoms with E-state index in [-0.39, 0.29) is 11.8 Å². The van der Waals surface area contributed by atoms with Gasteiger partial charge in [0.05, 0.1) is 22.3 Å². The van der Waals surface area contributed by atoms with Gasteiger partial charge in [0, 0.05) is 11.5 Å². The Bertz CT molecular complexity index is 1240. The number of fused-ring (bicyclic) bond motifs is 1. The zero-order valence-electron chi connectivity index (χ0n) is 17.6. The van der Waals surface area contributed by atoms with E-state index >= 15 is 0 Å². The minimum Gasteiger partial charge on any atom is -0.340 e. The number of amides is 1. The number of pyridine rings is 1. The Balaban J connectivity index is 1.52. The van der Waals surface area contributed by atoms with Crippen LogP contribution in [0.4, 0.5) is 0 Å². The van der Waals surface area contributed by atoms with Crippen molar-refractivity contribution in [3.63, 3.8) is 0 Å². The lowest BCUT2D eigenvalue weighted by atomic mass is 10.0. The molecule has 1 aliphatic carbocycles. The highest BCUT2D eigenvalue weighted by Crippen LogP contribution is 2.39. The largest absolute Gasteiger partial charge is 0.340 e. The SMILES string of the molecule is Cc1noc2nc(-c3ccccc3)cc(C(=O)NC(c3nc(C4CC4)no3)C(C)C)c12. The maximum Gasteiger partial charge on any atom is 0.259 e. The molecule has 0 spiro atoms. The molecule has 31 heavy (non-hydrogen) atoms. The van der Waals surface area contributed by atoms with E-state index in [1.54, 1.807) is 13.0 Å². The number of carbonyl (C=O) groups is 1. The summed E-state index contributed by atoms with van der Waals surface area (Å²) in [6, 6.07) is 11.0. The molecule has 0 bridgehead atoms. The van der Waals surface area contributed by atoms with Crippen LogP contribution in [-0.2, 0) is 0 Å². The van der Waals surface area contributed by atoms with Gasteiger partial charge in [0.1, 0.15) is 6.04 Å². The fourth-order valence-electron chi connectivity index (χ4n) is 3.64. The Labute approximate surface area is 179 Å². The summed E-state index contributed by atoms with van der Waals surface area (Å²) in [5.74, 6) is 1.34. The predicted molar refractivity (Wildman–Crippen MR) is 113 cm³/mol. The van der Waals surface area contributed by atoms with Crippen molar-refractivity contribution in [2.75, 3.05) is 0 Å². The number of aromatic nitrogens is 4. The maximum absolute atomic E-state index is 13.4. The Kier molecular flexibility index (Phi) is 4.77. The average molecular weight is 417 g/mol. The molecule has 0 radical (unpaired) electrons. The van der Waals surface area contributed by atoms with Crippen LogP contribution in [0.25, 0.3) is 22.4 Å². The highest BCUT2D eigenvalue weighted by Gasteiger charge is 2.32. The second-order valence-corrected chi connectivity index (χ2v) is 8.33. The molecular weight excluding hydrogens is 394 g/mol. The first kappa shape index (κ1) is 19.4. The summed E-state index contributed by atoms with van der Waals surface area (Å²) in [6.07, 6.45) is 2.17. The number of hydrogen-bond acceptors (Lipinski definition) is 7. The van der Waals surface area contributed by atoms with Crippen LogP contribution >= 0.6 is 0 Å². The molecule has 3 aromatic heterocycles.